The van der Waals surface area contributed by atoms with Crippen molar-refractivity contribution in [3.05, 3.63) is 35.7 Å². The van der Waals surface area contributed by atoms with E-state index < -0.39 is 0 Å². The molecule has 2 rings (SSSR count). The first kappa shape index (κ1) is 9.96. The van der Waals surface area contributed by atoms with E-state index >= 15 is 0 Å². The monoisotopic (exact) mass is 204 g/mol. The van der Waals surface area contributed by atoms with Gasteiger partial charge in [-0.3, -0.25) is 4.68 Å². The quantitative estimate of drug-likeness (QED) is 0.760. The molecule has 2 aromatic rings. The third kappa shape index (κ3) is 1.93. The molecule has 0 aliphatic rings. The van der Waals surface area contributed by atoms with Crippen LogP contribution in [0.4, 0.5) is 0 Å². The first-order chi connectivity index (χ1) is 7.20. The Bertz CT molecular complexity index is 453. The molecule has 0 N–H and O–H groups in total. The van der Waals surface area contributed by atoms with Crippen molar-refractivity contribution in [2.75, 3.05) is 0 Å². The summed E-state index contributed by atoms with van der Waals surface area (Å²) in [6.07, 6.45) is 4.83. The normalized spacial score (nSPS) is 10.9. The number of hydrogen-bond acceptors (Lipinski definition) is 2. The lowest BCUT2D eigenvalue weighted by Crippen LogP contribution is -2.07. The molecule has 2 aromatic heterocycles. The summed E-state index contributed by atoms with van der Waals surface area (Å²) in [4.78, 5) is 4.30. The summed E-state index contributed by atoms with van der Waals surface area (Å²) in [7, 11) is 1.98. The fourth-order valence-electron chi connectivity index (χ4n) is 1.79. The molecule has 2 heterocycles. The van der Waals surface area contributed by atoms with E-state index in [-0.39, 0.29) is 0 Å². The minimum absolute atomic E-state index is 0.848. The van der Waals surface area contributed by atoms with Gasteiger partial charge in [-0.2, -0.15) is 5.10 Å². The minimum atomic E-state index is 0.848. The van der Waals surface area contributed by atoms with Gasteiger partial charge >= 0.3 is 0 Å². The summed E-state index contributed by atoms with van der Waals surface area (Å²) in [6.45, 7) is 4.98. The van der Waals surface area contributed by atoms with Crippen LogP contribution in [0, 0.1) is 6.92 Å². The first-order valence-corrected chi connectivity index (χ1v) is 5.20. The molecule has 0 aliphatic carbocycles. The Balaban J connectivity index is 2.25. The second-order valence-electron chi connectivity index (χ2n) is 3.73. The van der Waals surface area contributed by atoms with E-state index in [2.05, 4.69) is 27.6 Å². The van der Waals surface area contributed by atoms with Crippen molar-refractivity contribution in [3.8, 4) is 0 Å². The van der Waals surface area contributed by atoms with Gasteiger partial charge in [0.25, 0.3) is 0 Å². The molecule has 0 saturated carbocycles. The molecule has 0 saturated heterocycles. The van der Waals surface area contributed by atoms with E-state index in [1.54, 1.807) is 0 Å². The zero-order chi connectivity index (χ0) is 10.8. The van der Waals surface area contributed by atoms with Gasteiger partial charge in [-0.25, -0.2) is 4.98 Å². The predicted octanol–water partition coefficient (Wildman–Crippen LogP) is 1.54. The van der Waals surface area contributed by atoms with E-state index in [0.29, 0.717) is 0 Å². The molecule has 15 heavy (non-hydrogen) atoms. The van der Waals surface area contributed by atoms with Crippen LogP contribution < -0.4 is 0 Å². The first-order valence-electron chi connectivity index (χ1n) is 5.20. The third-order valence-electron chi connectivity index (χ3n) is 2.55. The molecule has 0 bridgehead atoms. The summed E-state index contributed by atoms with van der Waals surface area (Å²) in [6, 6.07) is 2.11. The average molecular weight is 204 g/mol. The summed E-state index contributed by atoms with van der Waals surface area (Å²) >= 11 is 0. The Hall–Kier alpha value is -1.58. The molecule has 0 fully saturated rings. The van der Waals surface area contributed by atoms with Crippen LogP contribution >= 0.6 is 0 Å². The molecule has 0 amide bonds. The molecule has 0 aromatic carbocycles. The van der Waals surface area contributed by atoms with Crippen molar-refractivity contribution < 1.29 is 0 Å². The second kappa shape index (κ2) is 3.88. The Morgan fingerprint density at radius 3 is 2.80 bits per heavy atom. The van der Waals surface area contributed by atoms with Gasteiger partial charge in [-0.1, -0.05) is 6.92 Å². The average Bonchev–Trinajstić information content (AvgIpc) is 2.74. The number of rotatable bonds is 3. The molecule has 80 valence electrons. The van der Waals surface area contributed by atoms with Crippen LogP contribution in [0.3, 0.4) is 0 Å². The Kier molecular flexibility index (Phi) is 2.58. The molecular weight excluding hydrogens is 188 g/mol. The summed E-state index contributed by atoms with van der Waals surface area (Å²) in [5.41, 5.74) is 2.27. The molecule has 4 heteroatoms. The fraction of sp³-hybridized carbons (Fsp3) is 0.455. The van der Waals surface area contributed by atoms with Crippen molar-refractivity contribution in [2.24, 2.45) is 7.05 Å². The largest absolute Gasteiger partial charge is 0.329 e. The number of nitrogens with zero attached hydrogens (tertiary/aromatic N) is 4. The molecule has 4 nitrogen and oxygen atoms in total. The third-order valence-corrected chi connectivity index (χ3v) is 2.55. The number of imidazole rings is 1. The molecule has 0 aliphatic heterocycles. The zero-order valence-electron chi connectivity index (χ0n) is 9.44. The lowest BCUT2D eigenvalue weighted by Gasteiger charge is -2.06. The molecule has 0 spiro atoms. The number of aryl methyl sites for hydroxylation is 3. The Morgan fingerprint density at radius 2 is 2.20 bits per heavy atom. The molecule has 0 radical (unpaired) electrons. The predicted molar refractivity (Wildman–Crippen MR) is 58.7 cm³/mol. The summed E-state index contributed by atoms with van der Waals surface area (Å²) in [5.74, 6) is 1.12. The van der Waals surface area contributed by atoms with Gasteiger partial charge in [0, 0.05) is 25.9 Å². The number of hydrogen-bond donors (Lipinski definition) is 0. The second-order valence-corrected chi connectivity index (χ2v) is 3.73. The van der Waals surface area contributed by atoms with Gasteiger partial charge in [0.15, 0.2) is 0 Å². The van der Waals surface area contributed by atoms with Crippen molar-refractivity contribution in [2.45, 2.75) is 26.8 Å². The maximum absolute atomic E-state index is 4.33. The molecule has 0 atom stereocenters. The van der Waals surface area contributed by atoms with Gasteiger partial charge in [-0.05, 0) is 13.0 Å². The maximum Gasteiger partial charge on any atom is 0.108 e. The topological polar surface area (TPSA) is 35.6 Å². The Labute approximate surface area is 89.6 Å². The van der Waals surface area contributed by atoms with Crippen LogP contribution in [0.1, 0.15) is 24.1 Å². The summed E-state index contributed by atoms with van der Waals surface area (Å²) < 4.78 is 4.09. The highest BCUT2D eigenvalue weighted by Crippen LogP contribution is 2.07. The zero-order valence-corrected chi connectivity index (χ0v) is 9.44. The van der Waals surface area contributed by atoms with Gasteiger partial charge in [0.2, 0.25) is 0 Å². The lowest BCUT2D eigenvalue weighted by molar-refractivity contribution is 0.645. The van der Waals surface area contributed by atoms with Crippen LogP contribution in [0.2, 0.25) is 0 Å². The van der Waals surface area contributed by atoms with Crippen LogP contribution in [-0.2, 0) is 20.0 Å². The maximum atomic E-state index is 4.33. The highest BCUT2D eigenvalue weighted by molar-refractivity contribution is 5.10. The van der Waals surface area contributed by atoms with Gasteiger partial charge in [0.05, 0.1) is 17.9 Å². The lowest BCUT2D eigenvalue weighted by atomic mass is 10.3. The smallest absolute Gasteiger partial charge is 0.108 e. The van der Waals surface area contributed by atoms with Gasteiger partial charge in [-0.15, -0.1) is 0 Å². The highest BCUT2D eigenvalue weighted by atomic mass is 15.3. The highest BCUT2D eigenvalue weighted by Gasteiger charge is 2.05. The summed E-state index contributed by atoms with van der Waals surface area (Å²) in [5, 5.41) is 4.33. The van der Waals surface area contributed by atoms with Crippen molar-refractivity contribution in [1.29, 1.82) is 0 Å². The Morgan fingerprint density at radius 1 is 1.40 bits per heavy atom. The van der Waals surface area contributed by atoms with Crippen LogP contribution in [0.25, 0.3) is 0 Å². The van der Waals surface area contributed by atoms with Crippen LogP contribution in [0.5, 0.6) is 0 Å². The van der Waals surface area contributed by atoms with Crippen molar-refractivity contribution in [3.63, 3.8) is 0 Å². The van der Waals surface area contributed by atoms with Crippen molar-refractivity contribution in [1.82, 2.24) is 19.3 Å². The van der Waals surface area contributed by atoms with E-state index in [0.717, 1.165) is 24.5 Å². The molecule has 0 unspecified atom stereocenters. The van der Waals surface area contributed by atoms with Crippen LogP contribution in [0.15, 0.2) is 18.5 Å². The van der Waals surface area contributed by atoms with Gasteiger partial charge < -0.3 is 4.57 Å². The minimum Gasteiger partial charge on any atom is -0.329 e. The van der Waals surface area contributed by atoms with E-state index in [1.807, 2.05) is 31.0 Å². The molecular formula is C11H16N4. The fourth-order valence-corrected chi connectivity index (χ4v) is 1.79. The van der Waals surface area contributed by atoms with Crippen LogP contribution in [-0.4, -0.2) is 19.3 Å². The van der Waals surface area contributed by atoms with Crippen molar-refractivity contribution >= 4 is 0 Å². The van der Waals surface area contributed by atoms with E-state index in [9.17, 15) is 0 Å². The standard InChI is InChI=1S/C11H16N4/c1-4-11-12-5-6-15(11)8-10-7-9(2)13-14(10)3/h5-7H,4,8H2,1-3H3. The van der Waals surface area contributed by atoms with E-state index in [4.69, 9.17) is 0 Å². The number of aromatic nitrogens is 4. The SMILES string of the molecule is CCc1nccn1Cc1cc(C)nn1C. The van der Waals surface area contributed by atoms with Gasteiger partial charge in [0.1, 0.15) is 5.82 Å². The van der Waals surface area contributed by atoms with E-state index in [1.165, 1.54) is 5.69 Å².